The zero-order valence-corrected chi connectivity index (χ0v) is 13.1. The first-order valence-electron chi connectivity index (χ1n) is 6.74. The molecule has 0 aliphatic rings. The molecule has 9 heteroatoms. The van der Waals surface area contributed by atoms with Crippen LogP contribution in [0.3, 0.4) is 0 Å². The molecule has 22 heavy (non-hydrogen) atoms. The van der Waals surface area contributed by atoms with Gasteiger partial charge in [0.25, 0.3) is 5.91 Å². The molecule has 2 aromatic rings. The van der Waals surface area contributed by atoms with Gasteiger partial charge >= 0.3 is 6.09 Å². The molecule has 2 heterocycles. The molecule has 0 unspecified atom stereocenters. The van der Waals surface area contributed by atoms with Gasteiger partial charge in [0, 0.05) is 12.7 Å². The molecule has 0 saturated carbocycles. The first kappa shape index (κ1) is 16.0. The lowest BCUT2D eigenvalue weighted by molar-refractivity contribution is 0.0948. The molecule has 0 radical (unpaired) electrons. The Morgan fingerprint density at radius 3 is 2.95 bits per heavy atom. The average molecular weight is 323 g/mol. The van der Waals surface area contributed by atoms with E-state index in [1.807, 2.05) is 13.1 Å². The summed E-state index contributed by atoms with van der Waals surface area (Å²) in [6.07, 6.45) is 3.04. The molecule has 8 nitrogen and oxygen atoms in total. The molecule has 0 fully saturated rings. The number of rotatable bonds is 6. The maximum Gasteiger partial charge on any atom is 0.412 e. The Balaban J connectivity index is 1.87. The van der Waals surface area contributed by atoms with Crippen molar-refractivity contribution in [2.45, 2.75) is 20.4 Å². The summed E-state index contributed by atoms with van der Waals surface area (Å²) in [4.78, 5) is 27.4. The molecule has 0 atom stereocenters. The highest BCUT2D eigenvalue weighted by Gasteiger charge is 2.16. The van der Waals surface area contributed by atoms with Gasteiger partial charge in [-0.15, -0.1) is 11.3 Å². The minimum atomic E-state index is -0.604. The molecule has 2 N–H and O–H groups in total. The number of carbonyl (C=O) groups is 2. The summed E-state index contributed by atoms with van der Waals surface area (Å²) >= 11 is 1.16. The van der Waals surface area contributed by atoms with E-state index in [4.69, 9.17) is 4.74 Å². The minimum absolute atomic E-state index is 0.176. The fourth-order valence-corrected chi connectivity index (χ4v) is 2.38. The Bertz CT molecular complexity index is 652. The molecule has 2 aromatic heterocycles. The fraction of sp³-hybridized carbons (Fsp3) is 0.385. The minimum Gasteiger partial charge on any atom is -0.450 e. The van der Waals surface area contributed by atoms with Crippen LogP contribution in [0, 0.1) is 6.92 Å². The van der Waals surface area contributed by atoms with Crippen molar-refractivity contribution in [3.8, 4) is 0 Å². The number of hydrogen-bond donors (Lipinski definition) is 2. The van der Waals surface area contributed by atoms with E-state index in [9.17, 15) is 9.59 Å². The highest BCUT2D eigenvalue weighted by Crippen LogP contribution is 2.20. The van der Waals surface area contributed by atoms with Crippen molar-refractivity contribution in [1.82, 2.24) is 20.1 Å². The second-order valence-corrected chi connectivity index (χ2v) is 5.27. The van der Waals surface area contributed by atoms with Crippen molar-refractivity contribution in [1.29, 1.82) is 0 Å². The normalized spacial score (nSPS) is 10.3. The maximum atomic E-state index is 12.1. The molecule has 0 aliphatic heterocycles. The monoisotopic (exact) mass is 323 g/mol. The van der Waals surface area contributed by atoms with Crippen LogP contribution in [0.1, 0.15) is 23.0 Å². The highest BCUT2D eigenvalue weighted by atomic mass is 32.1. The van der Waals surface area contributed by atoms with Crippen molar-refractivity contribution >= 4 is 28.3 Å². The predicted molar refractivity (Wildman–Crippen MR) is 82.1 cm³/mol. The summed E-state index contributed by atoms with van der Waals surface area (Å²) in [5, 5.41) is 9.74. The molecular weight excluding hydrogens is 306 g/mol. The highest BCUT2D eigenvalue weighted by molar-refractivity contribution is 7.14. The van der Waals surface area contributed by atoms with E-state index in [0.29, 0.717) is 18.1 Å². The number of nitrogens with one attached hydrogen (secondary N) is 2. The predicted octanol–water partition coefficient (Wildman–Crippen LogP) is 1.65. The average Bonchev–Trinajstić information content (AvgIpc) is 3.08. The largest absolute Gasteiger partial charge is 0.450 e. The summed E-state index contributed by atoms with van der Waals surface area (Å²) in [6.45, 7) is 4.89. The summed E-state index contributed by atoms with van der Waals surface area (Å²) in [5.41, 5.74) is 2.73. The zero-order valence-electron chi connectivity index (χ0n) is 12.3. The Labute approximate surface area is 131 Å². The standard InChI is InChI=1S/C13H17N5O3S/c1-3-21-13(20)17-12-10(15-8-22-12)11(19)14-4-5-18-7-9(2)6-16-18/h6-8H,3-5H2,1-2H3,(H,14,19)(H,17,20). The first-order chi connectivity index (χ1) is 10.6. The van der Waals surface area contributed by atoms with Gasteiger partial charge in [-0.05, 0) is 19.4 Å². The van der Waals surface area contributed by atoms with E-state index in [2.05, 4.69) is 20.7 Å². The Morgan fingerprint density at radius 1 is 1.45 bits per heavy atom. The maximum absolute atomic E-state index is 12.1. The third-order valence-electron chi connectivity index (χ3n) is 2.66. The van der Waals surface area contributed by atoms with E-state index in [1.54, 1.807) is 17.8 Å². The Morgan fingerprint density at radius 2 is 2.27 bits per heavy atom. The number of nitrogens with zero attached hydrogens (tertiary/aromatic N) is 3. The molecule has 2 amide bonds. The van der Waals surface area contributed by atoms with Crippen LogP contribution < -0.4 is 10.6 Å². The Kier molecular flexibility index (Phi) is 5.48. The number of thiazole rings is 1. The number of hydrogen-bond acceptors (Lipinski definition) is 6. The first-order valence-corrected chi connectivity index (χ1v) is 7.62. The van der Waals surface area contributed by atoms with Gasteiger partial charge in [0.05, 0.1) is 24.9 Å². The SMILES string of the molecule is CCOC(=O)Nc1scnc1C(=O)NCCn1cc(C)cn1. The van der Waals surface area contributed by atoms with Crippen molar-refractivity contribution in [2.24, 2.45) is 0 Å². The van der Waals surface area contributed by atoms with E-state index in [1.165, 1.54) is 5.51 Å². The number of ether oxygens (including phenoxy) is 1. The summed E-state index contributed by atoms with van der Waals surface area (Å²) in [5.74, 6) is -0.350. The molecule has 0 spiro atoms. The van der Waals surface area contributed by atoms with E-state index in [0.717, 1.165) is 16.9 Å². The lowest BCUT2D eigenvalue weighted by Gasteiger charge is -2.06. The van der Waals surface area contributed by atoms with E-state index in [-0.39, 0.29) is 18.2 Å². The smallest absolute Gasteiger partial charge is 0.412 e. The van der Waals surface area contributed by atoms with Gasteiger partial charge in [-0.3, -0.25) is 14.8 Å². The van der Waals surface area contributed by atoms with Gasteiger partial charge in [-0.1, -0.05) is 0 Å². The number of aromatic nitrogens is 3. The van der Waals surface area contributed by atoms with Crippen molar-refractivity contribution in [3.63, 3.8) is 0 Å². The van der Waals surface area contributed by atoms with Crippen molar-refractivity contribution in [3.05, 3.63) is 29.2 Å². The molecule has 2 rings (SSSR count). The lowest BCUT2D eigenvalue weighted by atomic mass is 10.4. The number of amides is 2. The topological polar surface area (TPSA) is 98.1 Å². The molecule has 0 saturated heterocycles. The van der Waals surface area contributed by atoms with Crippen molar-refractivity contribution in [2.75, 3.05) is 18.5 Å². The van der Waals surface area contributed by atoms with Gasteiger partial charge in [-0.25, -0.2) is 9.78 Å². The summed E-state index contributed by atoms with van der Waals surface area (Å²) in [6, 6.07) is 0. The van der Waals surface area contributed by atoms with Crippen LogP contribution in [0.2, 0.25) is 0 Å². The summed E-state index contributed by atoms with van der Waals surface area (Å²) < 4.78 is 6.52. The molecular formula is C13H17N5O3S. The Hall–Kier alpha value is -2.42. The number of anilines is 1. The van der Waals surface area contributed by atoms with Gasteiger partial charge in [0.15, 0.2) is 5.69 Å². The summed E-state index contributed by atoms with van der Waals surface area (Å²) in [7, 11) is 0. The third kappa shape index (κ3) is 4.29. The fourth-order valence-electron chi connectivity index (χ4n) is 1.71. The van der Waals surface area contributed by atoms with Crippen LogP contribution in [-0.4, -0.2) is 39.9 Å². The van der Waals surface area contributed by atoms with Gasteiger partial charge in [0.1, 0.15) is 5.00 Å². The molecule has 0 aliphatic carbocycles. The van der Waals surface area contributed by atoms with Gasteiger partial charge in [0.2, 0.25) is 0 Å². The molecule has 0 bridgehead atoms. The van der Waals surface area contributed by atoms with Crippen molar-refractivity contribution < 1.29 is 14.3 Å². The third-order valence-corrected chi connectivity index (χ3v) is 3.40. The van der Waals surface area contributed by atoms with Crippen LogP contribution in [0.4, 0.5) is 9.80 Å². The molecule has 118 valence electrons. The zero-order chi connectivity index (χ0) is 15.9. The number of carbonyl (C=O) groups excluding carboxylic acids is 2. The van der Waals surface area contributed by atoms with E-state index >= 15 is 0 Å². The van der Waals surface area contributed by atoms with Crippen LogP contribution in [0.5, 0.6) is 0 Å². The molecule has 0 aromatic carbocycles. The number of aryl methyl sites for hydroxylation is 1. The van der Waals surface area contributed by atoms with Gasteiger partial charge in [-0.2, -0.15) is 5.10 Å². The van der Waals surface area contributed by atoms with Crippen LogP contribution in [0.25, 0.3) is 0 Å². The lowest BCUT2D eigenvalue weighted by Crippen LogP contribution is -2.28. The quantitative estimate of drug-likeness (QED) is 0.842. The van der Waals surface area contributed by atoms with Crippen LogP contribution in [0.15, 0.2) is 17.9 Å². The second kappa shape index (κ2) is 7.55. The van der Waals surface area contributed by atoms with Gasteiger partial charge < -0.3 is 10.1 Å². The van der Waals surface area contributed by atoms with Crippen LogP contribution >= 0.6 is 11.3 Å². The van der Waals surface area contributed by atoms with E-state index < -0.39 is 6.09 Å². The second-order valence-electron chi connectivity index (χ2n) is 4.41. The van der Waals surface area contributed by atoms with Crippen LogP contribution in [-0.2, 0) is 11.3 Å².